The van der Waals surface area contributed by atoms with Crippen LogP contribution in [0.15, 0.2) is 34.3 Å². The zero-order valence-electron chi connectivity index (χ0n) is 24.5. The number of rotatable bonds is 9. The van der Waals surface area contributed by atoms with Crippen LogP contribution in [0.3, 0.4) is 0 Å². The molecule has 4 rings (SSSR count). The molecule has 2 aliphatic heterocycles. The van der Waals surface area contributed by atoms with Gasteiger partial charge in [-0.25, -0.2) is 13.6 Å². The highest BCUT2D eigenvalue weighted by atomic mass is 19.1. The molecule has 2 aromatic rings. The van der Waals surface area contributed by atoms with Crippen LogP contribution in [0, 0.1) is 11.6 Å². The minimum atomic E-state index is -1.06. The minimum absolute atomic E-state index is 0.00816. The second-order valence-corrected chi connectivity index (χ2v) is 10.8. The van der Waals surface area contributed by atoms with Gasteiger partial charge in [-0.15, -0.1) is 0 Å². The van der Waals surface area contributed by atoms with E-state index < -0.39 is 71.4 Å². The van der Waals surface area contributed by atoms with Gasteiger partial charge in [0.25, 0.3) is 11.8 Å². The topological polar surface area (TPSA) is 138 Å². The number of carbonyl (C=O) groups excluding carboxylic acids is 3. The summed E-state index contributed by atoms with van der Waals surface area (Å²) in [6.45, 7) is 7.71. The summed E-state index contributed by atoms with van der Waals surface area (Å²) in [7, 11) is 0. The van der Waals surface area contributed by atoms with Crippen molar-refractivity contribution < 1.29 is 42.2 Å². The molecule has 0 saturated carbocycles. The van der Waals surface area contributed by atoms with E-state index in [1.165, 1.54) is 16.8 Å². The summed E-state index contributed by atoms with van der Waals surface area (Å²) in [5.74, 6) is -3.58. The second kappa shape index (κ2) is 13.2. The number of nitrogens with zero attached hydrogens (tertiary/aromatic N) is 3. The van der Waals surface area contributed by atoms with E-state index in [1.54, 1.807) is 32.6 Å². The third-order valence-corrected chi connectivity index (χ3v) is 7.01. The lowest BCUT2D eigenvalue weighted by molar-refractivity contribution is -0.0104. The van der Waals surface area contributed by atoms with Crippen LogP contribution in [0.25, 0.3) is 0 Å². The van der Waals surface area contributed by atoms with Crippen molar-refractivity contribution >= 4 is 23.7 Å². The second-order valence-electron chi connectivity index (χ2n) is 10.8. The molecule has 0 aliphatic carbocycles. The SMILES string of the molecule is CC(C)=NOC1CCC(C)N2CC1n1cc(C(=O)NCc3ccc(F)cc3F)c(=O)c(OCOC(=O)OC(C)C)c1C2=O. The average molecular weight is 605 g/mol. The first-order chi connectivity index (χ1) is 20.4. The number of halogens is 2. The Hall–Kier alpha value is -4.49. The van der Waals surface area contributed by atoms with E-state index in [-0.39, 0.29) is 30.4 Å². The fourth-order valence-corrected chi connectivity index (χ4v) is 4.91. The van der Waals surface area contributed by atoms with Crippen LogP contribution in [-0.2, 0) is 20.9 Å². The summed E-state index contributed by atoms with van der Waals surface area (Å²) < 4.78 is 44.4. The normalized spacial score (nSPS) is 19.2. The molecule has 12 nitrogen and oxygen atoms in total. The number of carbonyl (C=O) groups is 3. The van der Waals surface area contributed by atoms with Crippen LogP contribution in [0.5, 0.6) is 5.75 Å². The van der Waals surface area contributed by atoms with Gasteiger partial charge < -0.3 is 33.8 Å². The van der Waals surface area contributed by atoms with E-state index in [0.29, 0.717) is 24.6 Å². The molecule has 14 heteroatoms. The molecule has 3 unspecified atom stereocenters. The molecule has 1 saturated heterocycles. The van der Waals surface area contributed by atoms with Crippen molar-refractivity contribution in [2.45, 2.75) is 78.3 Å². The molecule has 1 fully saturated rings. The number of aromatic nitrogens is 1. The minimum Gasteiger partial charge on any atom is -0.451 e. The standard InChI is InChI=1S/C29H34F2N4O8/c1-15(2)33-43-23-9-6-17(5)34-13-22(23)35-12-20(27(37)32-11-18-7-8-19(30)10-21(18)31)25(36)26(24(35)28(34)38)40-14-41-29(39)42-16(3)4/h7-8,10,12,16-17,22-23H,6,9,11,13-14H2,1-5H3,(H,32,37). The summed E-state index contributed by atoms with van der Waals surface area (Å²) in [5.41, 5.74) is -0.860. The highest BCUT2D eigenvalue weighted by Crippen LogP contribution is 2.36. The van der Waals surface area contributed by atoms with Gasteiger partial charge in [-0.1, -0.05) is 11.2 Å². The van der Waals surface area contributed by atoms with Crippen molar-refractivity contribution in [1.82, 2.24) is 14.8 Å². The Kier molecular flexibility index (Phi) is 9.66. The first kappa shape index (κ1) is 31.4. The summed E-state index contributed by atoms with van der Waals surface area (Å²) in [5, 5.41) is 6.58. The molecule has 3 atom stereocenters. The van der Waals surface area contributed by atoms with E-state index in [2.05, 4.69) is 10.5 Å². The molecule has 43 heavy (non-hydrogen) atoms. The van der Waals surface area contributed by atoms with E-state index >= 15 is 0 Å². The molecule has 2 amide bonds. The first-order valence-electron chi connectivity index (χ1n) is 13.8. The van der Waals surface area contributed by atoms with Crippen LogP contribution >= 0.6 is 0 Å². The van der Waals surface area contributed by atoms with E-state index in [1.807, 2.05) is 6.92 Å². The van der Waals surface area contributed by atoms with Crippen LogP contribution in [-0.4, -0.2) is 64.7 Å². The predicted molar refractivity (Wildman–Crippen MR) is 149 cm³/mol. The molecule has 1 aromatic heterocycles. The van der Waals surface area contributed by atoms with Gasteiger partial charge in [-0.05, 0) is 53.5 Å². The molecule has 232 valence electrons. The zero-order chi connectivity index (χ0) is 31.4. The quantitative estimate of drug-likeness (QED) is 0.197. The van der Waals surface area contributed by atoms with Crippen molar-refractivity contribution in [3.8, 4) is 5.75 Å². The van der Waals surface area contributed by atoms with Crippen LogP contribution in [0.1, 0.15) is 79.9 Å². The van der Waals surface area contributed by atoms with Gasteiger partial charge in [-0.2, -0.15) is 0 Å². The van der Waals surface area contributed by atoms with Crippen molar-refractivity contribution in [3.63, 3.8) is 0 Å². The molecule has 2 aliphatic rings. The molecular weight excluding hydrogens is 570 g/mol. The Morgan fingerprint density at radius 3 is 2.58 bits per heavy atom. The Morgan fingerprint density at radius 2 is 1.91 bits per heavy atom. The predicted octanol–water partition coefficient (Wildman–Crippen LogP) is 3.91. The fourth-order valence-electron chi connectivity index (χ4n) is 4.91. The highest BCUT2D eigenvalue weighted by Gasteiger charge is 2.44. The van der Waals surface area contributed by atoms with E-state index in [4.69, 9.17) is 19.0 Å². The van der Waals surface area contributed by atoms with Gasteiger partial charge in [0.1, 0.15) is 23.3 Å². The largest absolute Gasteiger partial charge is 0.511 e. The van der Waals surface area contributed by atoms with Gasteiger partial charge in [0, 0.05) is 37.0 Å². The van der Waals surface area contributed by atoms with Gasteiger partial charge in [0.05, 0.1) is 17.9 Å². The Bertz CT molecular complexity index is 1490. The molecule has 0 spiro atoms. The fraction of sp³-hybridized carbons (Fsp3) is 0.483. The summed E-state index contributed by atoms with van der Waals surface area (Å²) in [4.78, 5) is 60.1. The number of nitrogens with one attached hydrogen (secondary N) is 1. The number of hydrogen-bond donors (Lipinski definition) is 1. The van der Waals surface area contributed by atoms with Crippen LogP contribution in [0.2, 0.25) is 0 Å². The summed E-state index contributed by atoms with van der Waals surface area (Å²) >= 11 is 0. The Balaban J connectivity index is 1.76. The van der Waals surface area contributed by atoms with Gasteiger partial charge >= 0.3 is 6.16 Å². The lowest BCUT2D eigenvalue weighted by Gasteiger charge is -2.38. The van der Waals surface area contributed by atoms with Crippen molar-refractivity contribution in [2.24, 2.45) is 5.16 Å². The third kappa shape index (κ3) is 7.12. The van der Waals surface area contributed by atoms with E-state index in [0.717, 1.165) is 6.07 Å². The average Bonchev–Trinajstić information content (AvgIpc) is 3.07. The number of ether oxygens (including phenoxy) is 3. The van der Waals surface area contributed by atoms with Crippen LogP contribution in [0.4, 0.5) is 13.6 Å². The number of fused-ring (bicyclic) bond motifs is 4. The van der Waals surface area contributed by atoms with Crippen LogP contribution < -0.4 is 15.5 Å². The molecule has 1 aromatic carbocycles. The maximum Gasteiger partial charge on any atom is 0.511 e. The van der Waals surface area contributed by atoms with E-state index in [9.17, 15) is 28.0 Å². The number of pyridine rings is 1. The van der Waals surface area contributed by atoms with Crippen molar-refractivity contribution in [1.29, 1.82) is 0 Å². The number of amides is 2. The Morgan fingerprint density at radius 1 is 1.16 bits per heavy atom. The van der Waals surface area contributed by atoms with Gasteiger partial charge in [0.2, 0.25) is 18.0 Å². The maximum atomic E-state index is 14.2. The molecule has 1 N–H and O–H groups in total. The van der Waals surface area contributed by atoms with Gasteiger partial charge in [0.15, 0.2) is 5.69 Å². The summed E-state index contributed by atoms with van der Waals surface area (Å²) in [6, 6.07) is 2.11. The molecule has 0 radical (unpaired) electrons. The lowest BCUT2D eigenvalue weighted by Crippen LogP contribution is -2.49. The molecular formula is C29H34F2N4O8. The number of oxime groups is 1. The zero-order valence-corrected chi connectivity index (χ0v) is 24.5. The number of hydrogen-bond acceptors (Lipinski definition) is 9. The highest BCUT2D eigenvalue weighted by molar-refractivity contribution is 5.99. The summed E-state index contributed by atoms with van der Waals surface area (Å²) in [6.07, 6.45) is 0.270. The lowest BCUT2D eigenvalue weighted by atomic mass is 10.0. The monoisotopic (exact) mass is 604 g/mol. The number of benzene rings is 1. The first-order valence-corrected chi connectivity index (χ1v) is 13.8. The van der Waals surface area contributed by atoms with Crippen molar-refractivity contribution in [2.75, 3.05) is 13.3 Å². The molecule has 2 bridgehead atoms. The molecule has 3 heterocycles. The Labute approximate surface area is 246 Å². The third-order valence-electron chi connectivity index (χ3n) is 7.01. The maximum absolute atomic E-state index is 14.2. The van der Waals surface area contributed by atoms with Gasteiger partial charge in [-0.3, -0.25) is 14.4 Å². The van der Waals surface area contributed by atoms with Crippen molar-refractivity contribution in [3.05, 3.63) is 63.1 Å². The smallest absolute Gasteiger partial charge is 0.451 e.